The van der Waals surface area contributed by atoms with Gasteiger partial charge in [-0.3, -0.25) is 0 Å². The van der Waals surface area contributed by atoms with Crippen molar-refractivity contribution in [2.75, 3.05) is 6.61 Å². The van der Waals surface area contributed by atoms with E-state index in [9.17, 15) is 10.2 Å². The Kier molecular flexibility index (Phi) is 5.90. The molecule has 1 heterocycles. The van der Waals surface area contributed by atoms with Crippen LogP contribution in [0.3, 0.4) is 0 Å². The predicted molar refractivity (Wildman–Crippen MR) is 117 cm³/mol. The molecule has 0 bridgehead atoms. The molecule has 2 fully saturated rings. The Balaban J connectivity index is 1.58. The van der Waals surface area contributed by atoms with E-state index < -0.39 is 12.2 Å². The molecule has 150 valence electrons. The van der Waals surface area contributed by atoms with Crippen molar-refractivity contribution < 1.29 is 14.9 Å². The predicted octanol–water partition coefficient (Wildman–Crippen LogP) is 4.93. The van der Waals surface area contributed by atoms with E-state index in [0.29, 0.717) is 36.7 Å². The number of hydrogen-bond donors (Lipinski definition) is 2. The molecule has 0 amide bonds. The van der Waals surface area contributed by atoms with Crippen molar-refractivity contribution in [1.29, 1.82) is 0 Å². The van der Waals surface area contributed by atoms with Gasteiger partial charge in [0.15, 0.2) is 0 Å². The van der Waals surface area contributed by atoms with Crippen LogP contribution in [0.25, 0.3) is 0 Å². The summed E-state index contributed by atoms with van der Waals surface area (Å²) in [6, 6.07) is 0. The summed E-state index contributed by atoms with van der Waals surface area (Å²) in [7, 11) is 0. The maximum Gasteiger partial charge on any atom is 0.0979 e. The molecule has 2 saturated carbocycles. The van der Waals surface area contributed by atoms with Gasteiger partial charge in [0, 0.05) is 6.42 Å². The third-order valence-electron chi connectivity index (χ3n) is 7.94. The second kappa shape index (κ2) is 7.92. The maximum atomic E-state index is 10.3. The van der Waals surface area contributed by atoms with E-state index in [2.05, 4.69) is 52.7 Å². The lowest BCUT2D eigenvalue weighted by atomic mass is 9.61. The third-order valence-corrected chi connectivity index (χ3v) is 8.36. The van der Waals surface area contributed by atoms with Crippen LogP contribution in [0.1, 0.15) is 58.8 Å². The molecule has 1 unspecified atom stereocenters. The van der Waals surface area contributed by atoms with Crippen LogP contribution in [-0.4, -0.2) is 35.1 Å². The van der Waals surface area contributed by atoms with Gasteiger partial charge in [0.25, 0.3) is 0 Å². The summed E-state index contributed by atoms with van der Waals surface area (Å²) in [5, 5.41) is 20.4. The van der Waals surface area contributed by atoms with Crippen molar-refractivity contribution >= 4 is 22.6 Å². The van der Waals surface area contributed by atoms with E-state index >= 15 is 0 Å². The molecule has 0 spiro atoms. The molecule has 2 N–H and O–H groups in total. The topological polar surface area (TPSA) is 49.7 Å². The lowest BCUT2D eigenvalue weighted by molar-refractivity contribution is 0.0868. The second-order valence-corrected chi connectivity index (χ2v) is 10.1. The molecule has 3 nitrogen and oxygen atoms in total. The van der Waals surface area contributed by atoms with Crippen LogP contribution in [-0.2, 0) is 4.74 Å². The minimum atomic E-state index is -0.527. The summed E-state index contributed by atoms with van der Waals surface area (Å²) in [4.78, 5) is 0. The second-order valence-electron chi connectivity index (χ2n) is 9.41. The first-order valence-electron chi connectivity index (χ1n) is 10.6. The molecule has 0 aromatic rings. The summed E-state index contributed by atoms with van der Waals surface area (Å²) in [6.45, 7) is 5.43. The highest BCUT2D eigenvalue weighted by molar-refractivity contribution is 14.1. The number of fused-ring (bicyclic) bond motifs is 1. The largest absolute Gasteiger partial charge is 0.393 e. The van der Waals surface area contributed by atoms with Crippen molar-refractivity contribution in [3.05, 3.63) is 33.0 Å². The van der Waals surface area contributed by atoms with Crippen molar-refractivity contribution in [1.82, 2.24) is 0 Å². The molecular weight excluding hydrogens is 451 g/mol. The van der Waals surface area contributed by atoms with E-state index in [4.69, 9.17) is 4.74 Å². The van der Waals surface area contributed by atoms with Crippen LogP contribution in [0.5, 0.6) is 0 Å². The fourth-order valence-electron chi connectivity index (χ4n) is 6.59. The SMILES string of the molecule is C[C@H](C=CI)[C@H]1CC[C@H]2C(=CC3OCC4=C3C[C@@H](O)C[C@@H]4O)CCC[C@]12C. The van der Waals surface area contributed by atoms with Gasteiger partial charge in [0.2, 0.25) is 0 Å². The van der Waals surface area contributed by atoms with Crippen molar-refractivity contribution in [2.45, 2.75) is 77.1 Å². The van der Waals surface area contributed by atoms with Crippen LogP contribution in [0.15, 0.2) is 33.0 Å². The Morgan fingerprint density at radius 3 is 2.85 bits per heavy atom. The first-order chi connectivity index (χ1) is 12.9. The summed E-state index contributed by atoms with van der Waals surface area (Å²) >= 11 is 2.34. The molecular formula is C23H33IO3. The van der Waals surface area contributed by atoms with Crippen LogP contribution < -0.4 is 0 Å². The Morgan fingerprint density at radius 2 is 2.07 bits per heavy atom. The summed E-state index contributed by atoms with van der Waals surface area (Å²) < 4.78 is 8.26. The van der Waals surface area contributed by atoms with Gasteiger partial charge in [-0.05, 0) is 76.9 Å². The zero-order chi connectivity index (χ0) is 19.2. The molecule has 7 atom stereocenters. The minimum Gasteiger partial charge on any atom is -0.393 e. The molecule has 0 saturated heterocycles. The van der Waals surface area contributed by atoms with Crippen molar-refractivity contribution in [3.63, 3.8) is 0 Å². The fourth-order valence-corrected chi connectivity index (χ4v) is 7.24. The Bertz CT molecular complexity index is 667. The van der Waals surface area contributed by atoms with Crippen LogP contribution in [0.4, 0.5) is 0 Å². The molecule has 27 heavy (non-hydrogen) atoms. The normalized spacial score (nSPS) is 44.8. The van der Waals surface area contributed by atoms with Crippen molar-refractivity contribution in [2.24, 2.45) is 23.2 Å². The number of allylic oxidation sites excluding steroid dienone is 2. The lowest BCUT2D eigenvalue weighted by Gasteiger charge is -2.44. The molecule has 1 aliphatic heterocycles. The molecule has 0 aromatic carbocycles. The monoisotopic (exact) mass is 484 g/mol. The third kappa shape index (κ3) is 3.60. The maximum absolute atomic E-state index is 10.3. The van der Waals surface area contributed by atoms with E-state index in [1.165, 1.54) is 32.1 Å². The number of aliphatic hydroxyl groups excluding tert-OH is 2. The van der Waals surface area contributed by atoms with Gasteiger partial charge in [-0.15, -0.1) is 0 Å². The Labute approximate surface area is 177 Å². The number of ether oxygens (including phenoxy) is 1. The van der Waals surface area contributed by atoms with Gasteiger partial charge >= 0.3 is 0 Å². The molecule has 4 heteroatoms. The highest BCUT2D eigenvalue weighted by Crippen LogP contribution is 2.59. The van der Waals surface area contributed by atoms with Gasteiger partial charge < -0.3 is 14.9 Å². The number of rotatable bonds is 3. The highest BCUT2D eigenvalue weighted by atomic mass is 127. The van der Waals surface area contributed by atoms with E-state index in [1.807, 2.05) is 0 Å². The number of hydrogen-bond acceptors (Lipinski definition) is 3. The summed E-state index contributed by atoms with van der Waals surface area (Å²) in [5.74, 6) is 2.06. The minimum absolute atomic E-state index is 0.0346. The van der Waals surface area contributed by atoms with Gasteiger partial charge in [-0.2, -0.15) is 0 Å². The highest BCUT2D eigenvalue weighted by Gasteiger charge is 2.50. The van der Waals surface area contributed by atoms with Crippen LogP contribution >= 0.6 is 22.6 Å². The average molecular weight is 484 g/mol. The average Bonchev–Trinajstić information content (AvgIpc) is 3.17. The van der Waals surface area contributed by atoms with Gasteiger partial charge in [-0.25, -0.2) is 0 Å². The quantitative estimate of drug-likeness (QED) is 0.442. The standard InChI is InChI=1S/C23H33IO3/c1-14(7-9-24)19-5-6-20-15(4-3-8-23(19,20)2)10-22-17-11-16(25)12-21(26)18(17)13-27-22/h7,9-10,14,16,19-22,25-26H,3-6,8,11-13H2,1-2H3/t14-,16-,19-,20+,21+,22?,23-/m1/s1. The summed E-state index contributed by atoms with van der Waals surface area (Å²) in [6.07, 6.45) is 11.2. The fraction of sp³-hybridized carbons (Fsp3) is 0.739. The zero-order valence-electron chi connectivity index (χ0n) is 16.5. The lowest BCUT2D eigenvalue weighted by Crippen LogP contribution is -2.36. The molecule has 3 aliphatic carbocycles. The zero-order valence-corrected chi connectivity index (χ0v) is 18.7. The number of aliphatic hydroxyl groups is 2. The Hall–Kier alpha value is -0.170. The summed E-state index contributed by atoms with van der Waals surface area (Å²) in [5.41, 5.74) is 4.15. The molecule has 0 radical (unpaired) electrons. The van der Waals surface area contributed by atoms with Crippen molar-refractivity contribution in [3.8, 4) is 0 Å². The molecule has 4 rings (SSSR count). The van der Waals surface area contributed by atoms with Crippen LogP contribution in [0, 0.1) is 23.2 Å². The van der Waals surface area contributed by atoms with E-state index in [1.54, 1.807) is 5.57 Å². The van der Waals surface area contributed by atoms with Gasteiger partial charge in [0.1, 0.15) is 0 Å². The van der Waals surface area contributed by atoms with E-state index in [-0.39, 0.29) is 6.10 Å². The number of halogens is 1. The van der Waals surface area contributed by atoms with E-state index in [0.717, 1.165) is 17.1 Å². The molecule has 0 aromatic heterocycles. The molecule has 4 aliphatic rings. The smallest absolute Gasteiger partial charge is 0.0979 e. The Morgan fingerprint density at radius 1 is 1.26 bits per heavy atom. The van der Waals surface area contributed by atoms with Gasteiger partial charge in [-0.1, -0.05) is 54.2 Å². The van der Waals surface area contributed by atoms with Crippen LogP contribution in [0.2, 0.25) is 0 Å². The first-order valence-corrected chi connectivity index (χ1v) is 11.9. The first kappa shape index (κ1) is 20.1. The van der Waals surface area contributed by atoms with Gasteiger partial charge in [0.05, 0.1) is 24.9 Å².